The minimum atomic E-state index is -0.751. The van der Waals surface area contributed by atoms with Gasteiger partial charge in [-0.1, -0.05) is 0 Å². The summed E-state index contributed by atoms with van der Waals surface area (Å²) in [5.41, 5.74) is 5.91. The van der Waals surface area contributed by atoms with Crippen molar-refractivity contribution in [3.63, 3.8) is 0 Å². The van der Waals surface area contributed by atoms with Crippen molar-refractivity contribution in [1.29, 1.82) is 0 Å². The van der Waals surface area contributed by atoms with Gasteiger partial charge in [-0.3, -0.25) is 0 Å². The average Bonchev–Trinajstić information content (AvgIpc) is 2.43. The molecule has 2 aromatic rings. The molecule has 0 aliphatic rings. The molecule has 0 aliphatic heterocycles. The molecule has 0 saturated carbocycles. The maximum atomic E-state index is 13.5. The maximum Gasteiger partial charge on any atom is 0.341 e. The maximum absolute atomic E-state index is 13.5. The Balaban J connectivity index is 2.43. The molecule has 2 N–H and O–H groups in total. The lowest BCUT2D eigenvalue weighted by Crippen LogP contribution is -2.05. The van der Waals surface area contributed by atoms with Crippen molar-refractivity contribution in [2.24, 2.45) is 0 Å². The van der Waals surface area contributed by atoms with Gasteiger partial charge in [0, 0.05) is 11.8 Å². The van der Waals surface area contributed by atoms with Crippen LogP contribution in [-0.2, 0) is 4.74 Å². The van der Waals surface area contributed by atoms with Gasteiger partial charge in [-0.15, -0.1) is 0 Å². The topological polar surface area (TPSA) is 61.5 Å². The molecule has 0 heterocycles. The summed E-state index contributed by atoms with van der Waals surface area (Å²) in [7, 11) is 1.19. The average molecular weight is 279 g/mol. The van der Waals surface area contributed by atoms with E-state index < -0.39 is 17.6 Å². The Hall–Kier alpha value is -2.63. The predicted molar refractivity (Wildman–Crippen MR) is 68.6 cm³/mol. The van der Waals surface area contributed by atoms with Crippen molar-refractivity contribution in [2.45, 2.75) is 0 Å². The first-order chi connectivity index (χ1) is 9.51. The molecule has 0 amide bonds. The van der Waals surface area contributed by atoms with Crippen molar-refractivity contribution in [3.8, 4) is 11.5 Å². The van der Waals surface area contributed by atoms with Crippen molar-refractivity contribution < 1.29 is 23.0 Å². The van der Waals surface area contributed by atoms with Crippen LogP contribution in [0.4, 0.5) is 14.5 Å². The zero-order chi connectivity index (χ0) is 14.7. The van der Waals surface area contributed by atoms with Gasteiger partial charge in [0.05, 0.1) is 7.11 Å². The van der Waals surface area contributed by atoms with Crippen molar-refractivity contribution in [1.82, 2.24) is 0 Å². The Labute approximate surface area is 113 Å². The third kappa shape index (κ3) is 2.85. The van der Waals surface area contributed by atoms with E-state index >= 15 is 0 Å². The predicted octanol–water partition coefficient (Wildman–Crippen LogP) is 3.13. The third-order valence-electron chi connectivity index (χ3n) is 2.52. The second-order valence-electron chi connectivity index (χ2n) is 3.92. The largest absolute Gasteiger partial charge is 0.465 e. The van der Waals surface area contributed by atoms with Gasteiger partial charge in [-0.05, 0) is 30.3 Å². The number of benzene rings is 2. The number of esters is 1. The van der Waals surface area contributed by atoms with E-state index in [2.05, 4.69) is 4.74 Å². The van der Waals surface area contributed by atoms with Crippen LogP contribution < -0.4 is 10.5 Å². The molecular weight excluding hydrogens is 268 g/mol. The fourth-order valence-electron chi connectivity index (χ4n) is 1.58. The standard InChI is InChI=1S/C14H11F2NO3/c1-19-14(18)10-7-9(17)3-5-12(10)20-13-6-8(15)2-4-11(13)16/h2-7H,17H2,1H3. The van der Waals surface area contributed by atoms with Gasteiger partial charge in [0.1, 0.15) is 17.1 Å². The number of hydrogen-bond acceptors (Lipinski definition) is 4. The van der Waals surface area contributed by atoms with E-state index in [1.807, 2.05) is 0 Å². The summed E-state index contributed by atoms with van der Waals surface area (Å²) >= 11 is 0. The number of ether oxygens (including phenoxy) is 2. The van der Waals surface area contributed by atoms with Gasteiger partial charge in [0.2, 0.25) is 0 Å². The molecule has 2 aromatic carbocycles. The van der Waals surface area contributed by atoms with Crippen molar-refractivity contribution >= 4 is 11.7 Å². The Morgan fingerprint density at radius 1 is 1.10 bits per heavy atom. The summed E-state index contributed by atoms with van der Waals surface area (Å²) in [5.74, 6) is -2.41. The second kappa shape index (κ2) is 5.56. The van der Waals surface area contributed by atoms with E-state index in [1.54, 1.807) is 0 Å². The highest BCUT2D eigenvalue weighted by molar-refractivity contribution is 5.93. The molecule has 4 nitrogen and oxygen atoms in total. The van der Waals surface area contributed by atoms with Crippen LogP contribution in [0.1, 0.15) is 10.4 Å². The molecule has 104 valence electrons. The van der Waals surface area contributed by atoms with E-state index in [9.17, 15) is 13.6 Å². The number of carbonyl (C=O) groups is 1. The van der Waals surface area contributed by atoms with Gasteiger partial charge in [-0.2, -0.15) is 0 Å². The number of nitrogen functional groups attached to an aromatic ring is 1. The molecule has 0 radical (unpaired) electrons. The summed E-state index contributed by atoms with van der Waals surface area (Å²) in [6.07, 6.45) is 0. The summed E-state index contributed by atoms with van der Waals surface area (Å²) < 4.78 is 36.4. The number of nitrogens with two attached hydrogens (primary N) is 1. The SMILES string of the molecule is COC(=O)c1cc(N)ccc1Oc1cc(F)ccc1F. The molecule has 0 saturated heterocycles. The molecule has 0 fully saturated rings. The van der Waals surface area contributed by atoms with Gasteiger partial charge < -0.3 is 15.2 Å². The van der Waals surface area contributed by atoms with E-state index in [4.69, 9.17) is 10.5 Å². The molecule has 2 rings (SSSR count). The van der Waals surface area contributed by atoms with Crippen LogP contribution in [0.3, 0.4) is 0 Å². The first-order valence-corrected chi connectivity index (χ1v) is 5.62. The van der Waals surface area contributed by atoms with E-state index in [0.29, 0.717) is 5.69 Å². The van der Waals surface area contributed by atoms with E-state index in [0.717, 1.165) is 18.2 Å². The molecule has 20 heavy (non-hydrogen) atoms. The highest BCUT2D eigenvalue weighted by Gasteiger charge is 2.16. The van der Waals surface area contributed by atoms with Gasteiger partial charge in [0.15, 0.2) is 11.6 Å². The third-order valence-corrected chi connectivity index (χ3v) is 2.52. The van der Waals surface area contributed by atoms with Gasteiger partial charge in [-0.25, -0.2) is 13.6 Å². The van der Waals surface area contributed by atoms with E-state index in [-0.39, 0.29) is 17.1 Å². The fraction of sp³-hybridized carbons (Fsp3) is 0.0714. The lowest BCUT2D eigenvalue weighted by Gasteiger charge is -2.11. The summed E-state index contributed by atoms with van der Waals surface area (Å²) in [4.78, 5) is 11.6. The van der Waals surface area contributed by atoms with Crippen LogP contribution in [0.25, 0.3) is 0 Å². The number of anilines is 1. The van der Waals surface area contributed by atoms with Crippen LogP contribution in [0, 0.1) is 11.6 Å². The summed E-state index contributed by atoms with van der Waals surface area (Å²) in [6, 6.07) is 6.96. The van der Waals surface area contributed by atoms with E-state index in [1.165, 1.54) is 25.3 Å². The minimum absolute atomic E-state index is 0.0237. The molecule has 0 aliphatic carbocycles. The molecule has 0 aromatic heterocycles. The molecule has 0 spiro atoms. The number of halogens is 2. The number of rotatable bonds is 3. The lowest BCUT2D eigenvalue weighted by atomic mass is 10.2. The van der Waals surface area contributed by atoms with Crippen LogP contribution in [0.15, 0.2) is 36.4 Å². The quantitative estimate of drug-likeness (QED) is 0.692. The summed E-state index contributed by atoms with van der Waals surface area (Å²) in [6.45, 7) is 0. The van der Waals surface area contributed by atoms with Crippen LogP contribution in [-0.4, -0.2) is 13.1 Å². The molecular formula is C14H11F2NO3. The highest BCUT2D eigenvalue weighted by Crippen LogP contribution is 2.29. The Bertz CT molecular complexity index is 659. The van der Waals surface area contributed by atoms with Crippen molar-refractivity contribution in [3.05, 3.63) is 53.6 Å². The first-order valence-electron chi connectivity index (χ1n) is 5.62. The Morgan fingerprint density at radius 2 is 1.85 bits per heavy atom. The molecule has 0 atom stereocenters. The minimum Gasteiger partial charge on any atom is -0.465 e. The zero-order valence-electron chi connectivity index (χ0n) is 10.5. The number of hydrogen-bond donors (Lipinski definition) is 1. The zero-order valence-corrected chi connectivity index (χ0v) is 10.5. The van der Waals surface area contributed by atoms with Crippen LogP contribution >= 0.6 is 0 Å². The van der Waals surface area contributed by atoms with Gasteiger partial charge >= 0.3 is 5.97 Å². The van der Waals surface area contributed by atoms with Gasteiger partial charge in [0.25, 0.3) is 0 Å². The molecule has 0 bridgehead atoms. The first kappa shape index (κ1) is 13.8. The fourth-order valence-corrected chi connectivity index (χ4v) is 1.58. The number of methoxy groups -OCH3 is 1. The smallest absolute Gasteiger partial charge is 0.341 e. The Morgan fingerprint density at radius 3 is 2.55 bits per heavy atom. The van der Waals surface area contributed by atoms with Crippen LogP contribution in [0.5, 0.6) is 11.5 Å². The second-order valence-corrected chi connectivity index (χ2v) is 3.92. The summed E-state index contributed by atoms with van der Waals surface area (Å²) in [5, 5.41) is 0. The lowest BCUT2D eigenvalue weighted by molar-refractivity contribution is 0.0598. The molecule has 6 heteroatoms. The van der Waals surface area contributed by atoms with Crippen LogP contribution in [0.2, 0.25) is 0 Å². The normalized spacial score (nSPS) is 10.2. The molecule has 0 unspecified atom stereocenters. The number of carbonyl (C=O) groups excluding carboxylic acids is 1. The Kier molecular flexibility index (Phi) is 3.84. The van der Waals surface area contributed by atoms with Crippen molar-refractivity contribution in [2.75, 3.05) is 12.8 Å². The highest BCUT2D eigenvalue weighted by atomic mass is 19.1. The monoisotopic (exact) mass is 279 g/mol.